The van der Waals surface area contributed by atoms with E-state index in [1.54, 1.807) is 14.2 Å². The largest absolute Gasteiger partial charge is 0.493 e. The highest BCUT2D eigenvalue weighted by Gasteiger charge is 2.24. The zero-order valence-corrected chi connectivity index (χ0v) is 11.6. The standard InChI is InChI=1S/C12H17BrO3/c1-12(2,7-14)8-5-10(15-3)11(16-4)6-9(8)13/h5-6,14H,7H2,1-4H3. The van der Waals surface area contributed by atoms with Crippen LogP contribution < -0.4 is 9.47 Å². The lowest BCUT2D eigenvalue weighted by Gasteiger charge is -2.25. The van der Waals surface area contributed by atoms with E-state index in [0.29, 0.717) is 11.5 Å². The fourth-order valence-corrected chi connectivity index (χ4v) is 2.32. The minimum Gasteiger partial charge on any atom is -0.493 e. The second kappa shape index (κ2) is 5.06. The lowest BCUT2D eigenvalue weighted by Crippen LogP contribution is -2.22. The van der Waals surface area contributed by atoms with E-state index in [1.165, 1.54) is 0 Å². The summed E-state index contributed by atoms with van der Waals surface area (Å²) in [6, 6.07) is 3.74. The van der Waals surface area contributed by atoms with E-state index in [-0.39, 0.29) is 12.0 Å². The van der Waals surface area contributed by atoms with Crippen molar-refractivity contribution in [1.82, 2.24) is 0 Å². The Kier molecular flexibility index (Phi) is 4.21. The van der Waals surface area contributed by atoms with Gasteiger partial charge < -0.3 is 14.6 Å². The first-order valence-corrected chi connectivity index (χ1v) is 5.78. The summed E-state index contributed by atoms with van der Waals surface area (Å²) < 4.78 is 11.4. The molecule has 0 aromatic heterocycles. The molecule has 0 aliphatic heterocycles. The molecule has 0 heterocycles. The van der Waals surface area contributed by atoms with Crippen LogP contribution >= 0.6 is 15.9 Å². The van der Waals surface area contributed by atoms with Gasteiger partial charge in [0.1, 0.15) is 0 Å². The summed E-state index contributed by atoms with van der Waals surface area (Å²) in [6.45, 7) is 4.01. The highest BCUT2D eigenvalue weighted by atomic mass is 79.9. The van der Waals surface area contributed by atoms with Crippen LogP contribution in [0.15, 0.2) is 16.6 Å². The van der Waals surface area contributed by atoms with Crippen molar-refractivity contribution in [3.05, 3.63) is 22.2 Å². The summed E-state index contributed by atoms with van der Waals surface area (Å²) in [5.74, 6) is 1.34. The predicted octanol–water partition coefficient (Wildman–Crippen LogP) is 2.74. The van der Waals surface area contributed by atoms with Crippen molar-refractivity contribution in [3.8, 4) is 11.5 Å². The lowest BCUT2D eigenvalue weighted by molar-refractivity contribution is 0.217. The number of aliphatic hydroxyl groups excluding tert-OH is 1. The van der Waals surface area contributed by atoms with Crippen molar-refractivity contribution in [2.24, 2.45) is 0 Å². The number of ether oxygens (including phenoxy) is 2. The van der Waals surface area contributed by atoms with E-state index in [0.717, 1.165) is 10.0 Å². The van der Waals surface area contributed by atoms with E-state index < -0.39 is 0 Å². The highest BCUT2D eigenvalue weighted by Crippen LogP contribution is 2.38. The Hall–Kier alpha value is -0.740. The van der Waals surface area contributed by atoms with Gasteiger partial charge in [-0.05, 0) is 17.7 Å². The summed E-state index contributed by atoms with van der Waals surface area (Å²) in [5, 5.41) is 9.37. The topological polar surface area (TPSA) is 38.7 Å². The van der Waals surface area contributed by atoms with Gasteiger partial charge in [-0.15, -0.1) is 0 Å². The maximum absolute atomic E-state index is 9.37. The first-order chi connectivity index (χ1) is 7.46. The molecule has 16 heavy (non-hydrogen) atoms. The third-order valence-corrected chi connectivity index (χ3v) is 3.25. The zero-order valence-electron chi connectivity index (χ0n) is 10.0. The molecule has 0 radical (unpaired) electrons. The molecule has 90 valence electrons. The number of halogens is 1. The molecule has 0 spiro atoms. The summed E-state index contributed by atoms with van der Waals surface area (Å²) in [4.78, 5) is 0. The molecule has 0 bridgehead atoms. The predicted molar refractivity (Wildman–Crippen MR) is 67.4 cm³/mol. The number of hydrogen-bond donors (Lipinski definition) is 1. The normalized spacial score (nSPS) is 11.4. The average Bonchev–Trinajstić information content (AvgIpc) is 2.28. The van der Waals surface area contributed by atoms with E-state index in [9.17, 15) is 5.11 Å². The van der Waals surface area contributed by atoms with Gasteiger partial charge in [0, 0.05) is 9.89 Å². The Morgan fingerprint density at radius 2 is 1.69 bits per heavy atom. The van der Waals surface area contributed by atoms with Crippen molar-refractivity contribution < 1.29 is 14.6 Å². The van der Waals surface area contributed by atoms with Crippen LogP contribution in [0.5, 0.6) is 11.5 Å². The molecule has 0 saturated carbocycles. The van der Waals surface area contributed by atoms with E-state index in [2.05, 4.69) is 15.9 Å². The lowest BCUT2D eigenvalue weighted by atomic mass is 9.85. The van der Waals surface area contributed by atoms with E-state index in [1.807, 2.05) is 26.0 Å². The molecule has 0 fully saturated rings. The van der Waals surface area contributed by atoms with E-state index >= 15 is 0 Å². The zero-order chi connectivity index (χ0) is 12.3. The molecule has 1 rings (SSSR count). The van der Waals surface area contributed by atoms with Crippen molar-refractivity contribution in [2.75, 3.05) is 20.8 Å². The number of benzene rings is 1. The first-order valence-electron chi connectivity index (χ1n) is 4.99. The average molecular weight is 289 g/mol. The number of methoxy groups -OCH3 is 2. The Morgan fingerprint density at radius 3 is 2.12 bits per heavy atom. The van der Waals surface area contributed by atoms with Crippen LogP contribution in [0.2, 0.25) is 0 Å². The second-order valence-corrected chi connectivity index (χ2v) is 5.08. The summed E-state index contributed by atoms with van der Waals surface area (Å²) in [6.07, 6.45) is 0. The van der Waals surface area contributed by atoms with Crippen molar-refractivity contribution in [2.45, 2.75) is 19.3 Å². The van der Waals surface area contributed by atoms with E-state index in [4.69, 9.17) is 9.47 Å². The molecule has 3 nitrogen and oxygen atoms in total. The second-order valence-electron chi connectivity index (χ2n) is 4.23. The first kappa shape index (κ1) is 13.3. The third-order valence-electron chi connectivity index (χ3n) is 2.60. The fourth-order valence-electron chi connectivity index (χ4n) is 1.46. The van der Waals surface area contributed by atoms with Crippen LogP contribution in [0.1, 0.15) is 19.4 Å². The van der Waals surface area contributed by atoms with Crippen molar-refractivity contribution >= 4 is 15.9 Å². The number of rotatable bonds is 4. The molecule has 0 aliphatic carbocycles. The number of hydrogen-bond acceptors (Lipinski definition) is 3. The molecule has 1 N–H and O–H groups in total. The quantitative estimate of drug-likeness (QED) is 0.926. The van der Waals surface area contributed by atoms with Gasteiger partial charge in [-0.25, -0.2) is 0 Å². The molecule has 0 atom stereocenters. The highest BCUT2D eigenvalue weighted by molar-refractivity contribution is 9.10. The SMILES string of the molecule is COc1cc(Br)c(C(C)(C)CO)cc1OC. The molecule has 0 unspecified atom stereocenters. The van der Waals surface area contributed by atoms with Gasteiger partial charge in [0.2, 0.25) is 0 Å². The number of aliphatic hydroxyl groups is 1. The molecule has 0 amide bonds. The third kappa shape index (κ3) is 2.50. The Bertz CT molecular complexity index is 375. The van der Waals surface area contributed by atoms with Gasteiger partial charge >= 0.3 is 0 Å². The molecule has 4 heteroatoms. The molecule has 0 aliphatic rings. The Balaban J connectivity index is 3.32. The van der Waals surface area contributed by atoms with Gasteiger partial charge in [-0.1, -0.05) is 29.8 Å². The molecular weight excluding hydrogens is 272 g/mol. The Morgan fingerprint density at radius 1 is 1.19 bits per heavy atom. The molecule has 1 aromatic carbocycles. The molecule has 0 saturated heterocycles. The van der Waals surface area contributed by atoms with Crippen LogP contribution in [0.4, 0.5) is 0 Å². The molecular formula is C12H17BrO3. The molecule has 1 aromatic rings. The maximum atomic E-state index is 9.37. The fraction of sp³-hybridized carbons (Fsp3) is 0.500. The van der Waals surface area contributed by atoms with Crippen molar-refractivity contribution in [1.29, 1.82) is 0 Å². The summed E-state index contributed by atoms with van der Waals surface area (Å²) in [5.41, 5.74) is 0.672. The monoisotopic (exact) mass is 288 g/mol. The summed E-state index contributed by atoms with van der Waals surface area (Å²) in [7, 11) is 3.20. The van der Waals surface area contributed by atoms with Gasteiger partial charge in [0.05, 0.1) is 20.8 Å². The van der Waals surface area contributed by atoms with Crippen molar-refractivity contribution in [3.63, 3.8) is 0 Å². The summed E-state index contributed by atoms with van der Waals surface area (Å²) >= 11 is 3.48. The van der Waals surface area contributed by atoms with Gasteiger partial charge in [0.25, 0.3) is 0 Å². The maximum Gasteiger partial charge on any atom is 0.161 e. The van der Waals surface area contributed by atoms with Crippen LogP contribution in [0.3, 0.4) is 0 Å². The van der Waals surface area contributed by atoms with Crippen LogP contribution in [-0.2, 0) is 5.41 Å². The minimum absolute atomic E-state index is 0.0705. The van der Waals surface area contributed by atoms with Gasteiger partial charge in [-0.3, -0.25) is 0 Å². The van der Waals surface area contributed by atoms with Gasteiger partial charge in [0.15, 0.2) is 11.5 Å². The van der Waals surface area contributed by atoms with Gasteiger partial charge in [-0.2, -0.15) is 0 Å². The van der Waals surface area contributed by atoms with Crippen LogP contribution in [0, 0.1) is 0 Å². The van der Waals surface area contributed by atoms with Crippen LogP contribution in [0.25, 0.3) is 0 Å². The Labute approximate surface area is 105 Å². The smallest absolute Gasteiger partial charge is 0.161 e. The van der Waals surface area contributed by atoms with Crippen LogP contribution in [-0.4, -0.2) is 25.9 Å². The minimum atomic E-state index is -0.321.